The number of sulfonamides is 1. The third kappa shape index (κ3) is 5.41. The molecular weight excluding hydrogens is 524 g/mol. The molecule has 0 saturated carbocycles. The number of aryl methyl sites for hydroxylation is 1. The number of pyridine rings is 1. The van der Waals surface area contributed by atoms with Gasteiger partial charge in [0.25, 0.3) is 5.56 Å². The van der Waals surface area contributed by atoms with Crippen LogP contribution in [0.1, 0.15) is 24.5 Å². The lowest BCUT2D eigenvalue weighted by molar-refractivity contribution is 0.607. The molecule has 1 atom stereocenters. The molecule has 0 fully saturated rings. The Labute approximate surface area is 232 Å². The van der Waals surface area contributed by atoms with E-state index in [0.29, 0.717) is 39.8 Å². The highest BCUT2D eigenvalue weighted by Crippen LogP contribution is 2.32. The molecule has 0 bridgehead atoms. The number of aromatic nitrogens is 3. The van der Waals surface area contributed by atoms with Crippen molar-refractivity contribution >= 4 is 38.0 Å². The summed E-state index contributed by atoms with van der Waals surface area (Å²) in [5, 5.41) is 4.60. The maximum Gasteiger partial charge on any atom is 0.263 e. The maximum absolute atomic E-state index is 14.3. The molecule has 40 heavy (non-hydrogen) atoms. The summed E-state index contributed by atoms with van der Waals surface area (Å²) in [5.41, 5.74) is 3.43. The molecular formula is C30H26N6O3S. The number of para-hydroxylation sites is 1. The Morgan fingerprint density at radius 2 is 1.73 bits per heavy atom. The van der Waals surface area contributed by atoms with Crippen LogP contribution < -0.4 is 15.6 Å². The van der Waals surface area contributed by atoms with Gasteiger partial charge in [-0.25, -0.2) is 18.2 Å². The quantitative estimate of drug-likeness (QED) is 0.246. The fraction of sp³-hybridized carbons (Fsp3) is 0.133. The standard InChI is InChI=1S/C30H26N6O3S/c1-19(33-29-26(31-3)18-32-20(2)34-29)27-17-22-9-8-12-25(21-13-15-23(16-14-21)35-40(4,38)39)28(22)30(37)36(27)24-10-6-5-7-11-24/h5-19,35H,1-2,4H3,(H,32,33,34)/t19-/m0/s1. The second-order valence-corrected chi connectivity index (χ2v) is 11.1. The molecule has 0 aliphatic rings. The van der Waals surface area contributed by atoms with Gasteiger partial charge in [-0.1, -0.05) is 48.5 Å². The Balaban J connectivity index is 1.68. The van der Waals surface area contributed by atoms with Gasteiger partial charge in [-0.15, -0.1) is 0 Å². The van der Waals surface area contributed by atoms with Gasteiger partial charge in [0.05, 0.1) is 24.3 Å². The molecule has 0 aliphatic carbocycles. The first kappa shape index (κ1) is 26.6. The summed E-state index contributed by atoms with van der Waals surface area (Å²) in [6.45, 7) is 11.2. The van der Waals surface area contributed by atoms with Crippen molar-refractivity contribution in [2.24, 2.45) is 0 Å². The second-order valence-electron chi connectivity index (χ2n) is 9.40. The normalized spacial score (nSPS) is 12.1. The summed E-state index contributed by atoms with van der Waals surface area (Å²) in [6.07, 6.45) is 2.58. The van der Waals surface area contributed by atoms with Gasteiger partial charge < -0.3 is 5.32 Å². The van der Waals surface area contributed by atoms with Gasteiger partial charge in [0.2, 0.25) is 15.7 Å². The van der Waals surface area contributed by atoms with E-state index in [0.717, 1.165) is 22.8 Å². The number of nitrogens with zero attached hydrogens (tertiary/aromatic N) is 4. The van der Waals surface area contributed by atoms with Crippen LogP contribution in [0, 0.1) is 13.5 Å². The number of rotatable bonds is 7. The highest BCUT2D eigenvalue weighted by atomic mass is 32.2. The molecule has 5 aromatic rings. The van der Waals surface area contributed by atoms with Crippen LogP contribution in [0.2, 0.25) is 0 Å². The van der Waals surface area contributed by atoms with Gasteiger partial charge >= 0.3 is 0 Å². The van der Waals surface area contributed by atoms with E-state index in [1.807, 2.05) is 61.5 Å². The molecule has 10 heteroatoms. The Morgan fingerprint density at radius 3 is 2.40 bits per heavy atom. The third-order valence-electron chi connectivity index (χ3n) is 6.40. The lowest BCUT2D eigenvalue weighted by atomic mass is 9.97. The minimum absolute atomic E-state index is 0.203. The molecule has 0 spiro atoms. The van der Waals surface area contributed by atoms with Gasteiger partial charge in [0, 0.05) is 23.3 Å². The SMILES string of the molecule is [C-]#[N+]c1cnc(C)nc1N[C@@H](C)c1cc2cccc(-c3ccc(NS(C)(=O)=O)cc3)c2c(=O)n1-c1ccccc1. The smallest absolute Gasteiger partial charge is 0.263 e. The predicted octanol–water partition coefficient (Wildman–Crippen LogP) is 5.85. The third-order valence-corrected chi connectivity index (χ3v) is 7.00. The molecule has 0 saturated heterocycles. The van der Waals surface area contributed by atoms with E-state index in [2.05, 4.69) is 24.9 Å². The van der Waals surface area contributed by atoms with E-state index in [-0.39, 0.29) is 5.56 Å². The first-order chi connectivity index (χ1) is 19.1. The molecule has 0 amide bonds. The molecule has 0 unspecified atom stereocenters. The van der Waals surface area contributed by atoms with Crippen molar-refractivity contribution in [1.29, 1.82) is 0 Å². The average Bonchev–Trinajstić information content (AvgIpc) is 2.93. The summed E-state index contributed by atoms with van der Waals surface area (Å²) in [6, 6.07) is 23.5. The number of anilines is 2. The number of nitrogens with one attached hydrogen (secondary N) is 2. The fourth-order valence-electron chi connectivity index (χ4n) is 4.65. The van der Waals surface area contributed by atoms with E-state index >= 15 is 0 Å². The Bertz CT molecular complexity index is 1930. The van der Waals surface area contributed by atoms with Crippen LogP contribution in [0.4, 0.5) is 17.2 Å². The van der Waals surface area contributed by atoms with Crippen LogP contribution in [0.15, 0.2) is 89.9 Å². The first-order valence-corrected chi connectivity index (χ1v) is 14.3. The summed E-state index contributed by atoms with van der Waals surface area (Å²) in [5.74, 6) is 0.933. The maximum atomic E-state index is 14.3. The van der Waals surface area contributed by atoms with Crippen LogP contribution in [-0.2, 0) is 10.0 Å². The fourth-order valence-corrected chi connectivity index (χ4v) is 5.21. The minimum atomic E-state index is -3.41. The van der Waals surface area contributed by atoms with E-state index in [4.69, 9.17) is 6.57 Å². The van der Waals surface area contributed by atoms with Crippen molar-refractivity contribution in [3.05, 3.63) is 118 Å². The topological polar surface area (TPSA) is 110 Å². The molecule has 2 heterocycles. The van der Waals surface area contributed by atoms with Crippen molar-refractivity contribution in [3.8, 4) is 16.8 Å². The largest absolute Gasteiger partial charge is 0.371 e. The lowest BCUT2D eigenvalue weighted by Crippen LogP contribution is -2.26. The van der Waals surface area contributed by atoms with Gasteiger partial charge in [0.1, 0.15) is 11.6 Å². The molecule has 0 radical (unpaired) electrons. The number of benzene rings is 3. The Hall–Kier alpha value is -5.01. The zero-order valence-electron chi connectivity index (χ0n) is 22.1. The van der Waals surface area contributed by atoms with E-state index in [9.17, 15) is 13.2 Å². The van der Waals surface area contributed by atoms with Crippen molar-refractivity contribution in [3.63, 3.8) is 0 Å². The predicted molar refractivity (Wildman–Crippen MR) is 159 cm³/mol. The van der Waals surface area contributed by atoms with E-state index in [1.54, 1.807) is 35.8 Å². The Morgan fingerprint density at radius 1 is 1.00 bits per heavy atom. The monoisotopic (exact) mass is 550 g/mol. The lowest BCUT2D eigenvalue weighted by Gasteiger charge is -2.22. The highest BCUT2D eigenvalue weighted by molar-refractivity contribution is 7.92. The first-order valence-electron chi connectivity index (χ1n) is 12.4. The van der Waals surface area contributed by atoms with Crippen LogP contribution in [0.5, 0.6) is 0 Å². The molecule has 5 rings (SSSR count). The van der Waals surface area contributed by atoms with Gasteiger partial charge in [-0.05, 0) is 60.7 Å². The zero-order valence-corrected chi connectivity index (χ0v) is 22.9. The molecule has 2 aromatic heterocycles. The summed E-state index contributed by atoms with van der Waals surface area (Å²) < 4.78 is 27.4. The van der Waals surface area contributed by atoms with Gasteiger partial charge in [-0.2, -0.15) is 0 Å². The highest BCUT2D eigenvalue weighted by Gasteiger charge is 2.20. The molecule has 9 nitrogen and oxygen atoms in total. The molecule has 200 valence electrons. The Kier molecular flexibility index (Phi) is 7.07. The van der Waals surface area contributed by atoms with Crippen LogP contribution >= 0.6 is 0 Å². The van der Waals surface area contributed by atoms with Crippen LogP contribution in [0.3, 0.4) is 0 Å². The van der Waals surface area contributed by atoms with Crippen molar-refractivity contribution in [2.45, 2.75) is 19.9 Å². The van der Waals surface area contributed by atoms with E-state index in [1.165, 1.54) is 6.20 Å². The summed E-state index contributed by atoms with van der Waals surface area (Å²) in [4.78, 5) is 26.4. The molecule has 3 aromatic carbocycles. The average molecular weight is 551 g/mol. The second kappa shape index (κ2) is 10.6. The number of fused-ring (bicyclic) bond motifs is 1. The minimum Gasteiger partial charge on any atom is -0.371 e. The van der Waals surface area contributed by atoms with Crippen molar-refractivity contribution in [1.82, 2.24) is 14.5 Å². The van der Waals surface area contributed by atoms with Gasteiger partial charge in [-0.3, -0.25) is 19.1 Å². The summed E-state index contributed by atoms with van der Waals surface area (Å²) >= 11 is 0. The van der Waals surface area contributed by atoms with Crippen molar-refractivity contribution < 1.29 is 8.42 Å². The van der Waals surface area contributed by atoms with Crippen LogP contribution in [-0.4, -0.2) is 29.2 Å². The van der Waals surface area contributed by atoms with Crippen LogP contribution in [0.25, 0.3) is 32.4 Å². The number of hydrogen-bond donors (Lipinski definition) is 2. The summed E-state index contributed by atoms with van der Waals surface area (Å²) in [7, 11) is -3.41. The zero-order chi connectivity index (χ0) is 28.4. The van der Waals surface area contributed by atoms with E-state index < -0.39 is 16.1 Å². The molecule has 2 N–H and O–H groups in total. The van der Waals surface area contributed by atoms with Gasteiger partial charge in [0.15, 0.2) is 0 Å². The molecule has 0 aliphatic heterocycles. The van der Waals surface area contributed by atoms with Crippen molar-refractivity contribution in [2.75, 3.05) is 16.3 Å². The number of hydrogen-bond acceptors (Lipinski definition) is 6.